The summed E-state index contributed by atoms with van der Waals surface area (Å²) in [5, 5.41) is 2.93. The van der Waals surface area contributed by atoms with Crippen molar-refractivity contribution < 1.29 is 9.59 Å². The minimum absolute atomic E-state index is 0.0700. The molecule has 1 saturated heterocycles. The fourth-order valence-electron chi connectivity index (χ4n) is 2.84. The molecule has 1 heterocycles. The number of urea groups is 1. The summed E-state index contributed by atoms with van der Waals surface area (Å²) in [5.74, 6) is 0.0700. The van der Waals surface area contributed by atoms with E-state index in [0.717, 1.165) is 34.5 Å². The molecule has 0 aromatic heterocycles. The van der Waals surface area contributed by atoms with E-state index in [9.17, 15) is 9.59 Å². The second-order valence-corrected chi connectivity index (χ2v) is 6.93. The van der Waals surface area contributed by atoms with Gasteiger partial charge in [0.25, 0.3) is 0 Å². The Balaban J connectivity index is 1.56. The highest BCUT2D eigenvalue weighted by molar-refractivity contribution is 9.10. The molecule has 2 aromatic carbocycles. The lowest BCUT2D eigenvalue weighted by Gasteiger charge is -2.36. The molecule has 0 bridgehead atoms. The van der Waals surface area contributed by atoms with Gasteiger partial charge in [-0.15, -0.1) is 0 Å². The summed E-state index contributed by atoms with van der Waals surface area (Å²) >= 11 is 3.40. The number of hydrogen-bond acceptors (Lipinski definition) is 3. The van der Waals surface area contributed by atoms with Crippen molar-refractivity contribution in [1.29, 1.82) is 0 Å². The number of carbonyl (C=O) groups is 2. The van der Waals surface area contributed by atoms with E-state index in [1.54, 1.807) is 6.92 Å². The summed E-state index contributed by atoms with van der Waals surface area (Å²) < 4.78 is 0.934. The first-order chi connectivity index (χ1) is 12.0. The molecule has 1 aliphatic heterocycles. The van der Waals surface area contributed by atoms with Crippen LogP contribution in [0, 0.1) is 0 Å². The van der Waals surface area contributed by atoms with Crippen LogP contribution in [-0.2, 0) is 0 Å². The van der Waals surface area contributed by atoms with Gasteiger partial charge in [0.1, 0.15) is 0 Å². The average Bonchev–Trinajstić information content (AvgIpc) is 2.62. The van der Waals surface area contributed by atoms with Gasteiger partial charge in [0, 0.05) is 47.6 Å². The first-order valence-electron chi connectivity index (χ1n) is 8.20. The summed E-state index contributed by atoms with van der Waals surface area (Å²) in [6.07, 6.45) is 0. The maximum absolute atomic E-state index is 12.4. The van der Waals surface area contributed by atoms with Crippen LogP contribution >= 0.6 is 15.9 Å². The molecule has 2 aromatic rings. The maximum Gasteiger partial charge on any atom is 0.321 e. The number of nitrogens with zero attached hydrogens (tertiary/aromatic N) is 2. The fourth-order valence-corrected chi connectivity index (χ4v) is 3.24. The molecule has 1 N–H and O–H groups in total. The van der Waals surface area contributed by atoms with Gasteiger partial charge in [-0.3, -0.25) is 4.79 Å². The van der Waals surface area contributed by atoms with Crippen molar-refractivity contribution in [3.8, 4) is 0 Å². The van der Waals surface area contributed by atoms with E-state index >= 15 is 0 Å². The van der Waals surface area contributed by atoms with E-state index in [-0.39, 0.29) is 11.8 Å². The first-order valence-corrected chi connectivity index (χ1v) is 9.00. The molecule has 5 nitrogen and oxygen atoms in total. The van der Waals surface area contributed by atoms with E-state index in [0.29, 0.717) is 13.1 Å². The van der Waals surface area contributed by atoms with Crippen LogP contribution in [0.25, 0.3) is 0 Å². The number of amides is 2. The standard InChI is InChI=1S/C19H20BrN3O2/c1-14(24)15-5-7-18(8-6-15)22-9-11-23(12-10-22)19(25)21-17-4-2-3-16(20)13-17/h2-8,13H,9-12H2,1H3,(H,21,25). The Labute approximate surface area is 155 Å². The fraction of sp³-hybridized carbons (Fsp3) is 0.263. The third kappa shape index (κ3) is 4.39. The van der Waals surface area contributed by atoms with Crippen molar-refractivity contribution in [3.63, 3.8) is 0 Å². The van der Waals surface area contributed by atoms with E-state index in [1.165, 1.54) is 0 Å². The molecule has 0 aliphatic carbocycles. The van der Waals surface area contributed by atoms with Gasteiger partial charge in [-0.1, -0.05) is 22.0 Å². The third-order valence-electron chi connectivity index (χ3n) is 4.28. The van der Waals surface area contributed by atoms with Crippen LogP contribution in [0.4, 0.5) is 16.2 Å². The molecular formula is C19H20BrN3O2. The van der Waals surface area contributed by atoms with Gasteiger partial charge < -0.3 is 15.1 Å². The molecule has 0 atom stereocenters. The molecule has 2 amide bonds. The summed E-state index contributed by atoms with van der Waals surface area (Å²) in [4.78, 5) is 27.8. The highest BCUT2D eigenvalue weighted by Gasteiger charge is 2.21. The monoisotopic (exact) mass is 401 g/mol. The van der Waals surface area contributed by atoms with Crippen LogP contribution in [0.1, 0.15) is 17.3 Å². The number of halogens is 1. The highest BCUT2D eigenvalue weighted by Crippen LogP contribution is 2.19. The van der Waals surface area contributed by atoms with Gasteiger partial charge in [-0.25, -0.2) is 4.79 Å². The second kappa shape index (κ2) is 7.70. The molecule has 130 valence electrons. The lowest BCUT2D eigenvalue weighted by molar-refractivity contribution is 0.101. The van der Waals surface area contributed by atoms with E-state index in [4.69, 9.17) is 0 Å². The number of benzene rings is 2. The van der Waals surface area contributed by atoms with Crippen molar-refractivity contribution >= 4 is 39.1 Å². The minimum Gasteiger partial charge on any atom is -0.368 e. The van der Waals surface area contributed by atoms with Crippen molar-refractivity contribution in [3.05, 3.63) is 58.6 Å². The van der Waals surface area contributed by atoms with Crippen molar-refractivity contribution in [2.24, 2.45) is 0 Å². The van der Waals surface area contributed by atoms with Crippen LogP contribution < -0.4 is 10.2 Å². The highest BCUT2D eigenvalue weighted by atomic mass is 79.9. The summed E-state index contributed by atoms with van der Waals surface area (Å²) in [7, 11) is 0. The number of rotatable bonds is 3. The summed E-state index contributed by atoms with van der Waals surface area (Å²) in [6.45, 7) is 4.43. The largest absolute Gasteiger partial charge is 0.368 e. The molecule has 0 radical (unpaired) electrons. The Bertz CT molecular complexity index is 768. The Morgan fingerprint density at radius 3 is 2.28 bits per heavy atom. The zero-order chi connectivity index (χ0) is 17.8. The van der Waals surface area contributed by atoms with E-state index in [2.05, 4.69) is 26.1 Å². The number of carbonyl (C=O) groups excluding carboxylic acids is 2. The Morgan fingerprint density at radius 2 is 1.68 bits per heavy atom. The van der Waals surface area contributed by atoms with Crippen molar-refractivity contribution in [2.45, 2.75) is 6.92 Å². The average molecular weight is 402 g/mol. The lowest BCUT2D eigenvalue weighted by atomic mass is 10.1. The lowest BCUT2D eigenvalue weighted by Crippen LogP contribution is -2.50. The van der Waals surface area contributed by atoms with Gasteiger partial charge in [0.05, 0.1) is 0 Å². The predicted octanol–water partition coefficient (Wildman–Crippen LogP) is 4.01. The van der Waals surface area contributed by atoms with Crippen LogP contribution in [0.3, 0.4) is 0 Å². The van der Waals surface area contributed by atoms with E-state index < -0.39 is 0 Å². The predicted molar refractivity (Wildman–Crippen MR) is 103 cm³/mol. The molecule has 3 rings (SSSR count). The van der Waals surface area contributed by atoms with Crippen LogP contribution in [0.5, 0.6) is 0 Å². The topological polar surface area (TPSA) is 52.7 Å². The van der Waals surface area contributed by atoms with Gasteiger partial charge in [0.2, 0.25) is 0 Å². The Morgan fingerprint density at radius 1 is 1.00 bits per heavy atom. The van der Waals surface area contributed by atoms with Crippen LogP contribution in [0.2, 0.25) is 0 Å². The number of hydrogen-bond donors (Lipinski definition) is 1. The second-order valence-electron chi connectivity index (χ2n) is 6.02. The zero-order valence-electron chi connectivity index (χ0n) is 14.0. The van der Waals surface area contributed by atoms with Crippen molar-refractivity contribution in [1.82, 2.24) is 4.90 Å². The molecular weight excluding hydrogens is 382 g/mol. The number of Topliss-reactive ketones (excluding diaryl/α,β-unsaturated/α-hetero) is 1. The van der Waals surface area contributed by atoms with Gasteiger partial charge >= 0.3 is 6.03 Å². The smallest absolute Gasteiger partial charge is 0.321 e. The Kier molecular flexibility index (Phi) is 5.38. The third-order valence-corrected chi connectivity index (χ3v) is 4.78. The molecule has 0 unspecified atom stereocenters. The molecule has 0 saturated carbocycles. The number of ketones is 1. The number of nitrogens with one attached hydrogen (secondary N) is 1. The minimum atomic E-state index is -0.0790. The summed E-state index contributed by atoms with van der Waals surface area (Å²) in [5.41, 5.74) is 2.58. The van der Waals surface area contributed by atoms with Crippen LogP contribution in [-0.4, -0.2) is 42.9 Å². The quantitative estimate of drug-likeness (QED) is 0.790. The Hall–Kier alpha value is -2.34. The number of piperazine rings is 1. The molecule has 1 fully saturated rings. The van der Waals surface area contributed by atoms with Gasteiger partial charge in [-0.05, 0) is 49.4 Å². The normalized spacial score (nSPS) is 14.3. The first kappa shape index (κ1) is 17.5. The van der Waals surface area contributed by atoms with Gasteiger partial charge in [-0.2, -0.15) is 0 Å². The molecule has 1 aliphatic rings. The van der Waals surface area contributed by atoms with E-state index in [1.807, 2.05) is 53.4 Å². The van der Waals surface area contributed by atoms with Crippen LogP contribution in [0.15, 0.2) is 53.0 Å². The molecule has 25 heavy (non-hydrogen) atoms. The summed E-state index contributed by atoms with van der Waals surface area (Å²) in [6, 6.07) is 15.1. The van der Waals surface area contributed by atoms with Crippen molar-refractivity contribution in [2.75, 3.05) is 36.4 Å². The number of anilines is 2. The van der Waals surface area contributed by atoms with Gasteiger partial charge in [0.15, 0.2) is 5.78 Å². The maximum atomic E-state index is 12.4. The zero-order valence-corrected chi connectivity index (χ0v) is 15.6. The SMILES string of the molecule is CC(=O)c1ccc(N2CCN(C(=O)Nc3cccc(Br)c3)CC2)cc1. The molecule has 0 spiro atoms. The molecule has 6 heteroatoms.